The summed E-state index contributed by atoms with van der Waals surface area (Å²) in [6, 6.07) is 13.3. The van der Waals surface area contributed by atoms with Gasteiger partial charge < -0.3 is 11.5 Å². The molecule has 0 amide bonds. The Balaban J connectivity index is 2.66. The maximum absolute atomic E-state index is 14.1. The lowest BCUT2D eigenvalue weighted by atomic mass is 9.83. The van der Waals surface area contributed by atoms with Crippen molar-refractivity contribution in [2.45, 2.75) is 62.9 Å². The number of Topliss-reactive ketones (excluding diaryl/α,β-unsaturated/α-hetero) is 2. The number of nitrogen functional groups attached to an aromatic ring is 2. The van der Waals surface area contributed by atoms with Gasteiger partial charge in [0.2, 0.25) is 0 Å². The van der Waals surface area contributed by atoms with E-state index in [2.05, 4.69) is 0 Å². The number of benzene rings is 2. The van der Waals surface area contributed by atoms with Crippen molar-refractivity contribution in [3.63, 3.8) is 0 Å². The molecule has 2 atom stereocenters. The smallest absolute Gasteiger partial charge is 0.162 e. The summed E-state index contributed by atoms with van der Waals surface area (Å²) < 4.78 is 25.2. The Kier molecular flexibility index (Phi) is 6.71. The predicted octanol–water partition coefficient (Wildman–Crippen LogP) is 3.87. The SMILES string of the molecule is CC(=O)C(c1ccc(N)cc1)C(C)(C)S(=O)(=O)C(C)(C)C(C(C)=O)c1ccc(N)cc1. The van der Waals surface area contributed by atoms with Crippen molar-refractivity contribution in [3.05, 3.63) is 59.7 Å². The summed E-state index contributed by atoms with van der Waals surface area (Å²) in [6.45, 7) is 8.96. The van der Waals surface area contributed by atoms with Crippen molar-refractivity contribution in [2.24, 2.45) is 0 Å². The van der Waals surface area contributed by atoms with E-state index in [0.29, 0.717) is 22.5 Å². The molecule has 0 aromatic heterocycles. The highest BCUT2D eigenvalue weighted by atomic mass is 32.2. The molecule has 0 bridgehead atoms. The van der Waals surface area contributed by atoms with Crippen LogP contribution in [0.2, 0.25) is 0 Å². The normalized spacial score (nSPS) is 14.6. The molecule has 31 heavy (non-hydrogen) atoms. The Bertz CT molecular complexity index is 988. The quantitative estimate of drug-likeness (QED) is 0.596. The van der Waals surface area contributed by atoms with E-state index in [-0.39, 0.29) is 11.6 Å². The van der Waals surface area contributed by atoms with Crippen molar-refractivity contribution < 1.29 is 18.0 Å². The highest BCUT2D eigenvalue weighted by molar-refractivity contribution is 7.94. The zero-order valence-electron chi connectivity index (χ0n) is 19.0. The molecule has 4 N–H and O–H groups in total. The highest BCUT2D eigenvalue weighted by Crippen LogP contribution is 2.46. The molecule has 0 aliphatic carbocycles. The molecular formula is C24H32N2O4S. The first-order chi connectivity index (χ1) is 14.1. The lowest BCUT2D eigenvalue weighted by Crippen LogP contribution is -2.54. The predicted molar refractivity (Wildman–Crippen MR) is 126 cm³/mol. The van der Waals surface area contributed by atoms with Gasteiger partial charge in [-0.05, 0) is 76.9 Å². The summed E-state index contributed by atoms with van der Waals surface area (Å²) in [5.41, 5.74) is 13.7. The molecule has 2 aromatic rings. The second-order valence-electron chi connectivity index (χ2n) is 9.13. The molecule has 0 aliphatic heterocycles. The average Bonchev–Trinajstić information content (AvgIpc) is 2.64. The van der Waals surface area contributed by atoms with Crippen LogP contribution in [0.1, 0.15) is 64.5 Å². The van der Waals surface area contributed by atoms with Crippen LogP contribution in [-0.2, 0) is 19.4 Å². The third-order valence-electron chi connectivity index (χ3n) is 6.13. The zero-order valence-corrected chi connectivity index (χ0v) is 19.8. The average molecular weight is 445 g/mol. The van der Waals surface area contributed by atoms with Gasteiger partial charge in [0.25, 0.3) is 0 Å². The first kappa shape index (κ1) is 24.6. The molecule has 2 unspecified atom stereocenters. The van der Waals surface area contributed by atoms with Crippen LogP contribution in [0.5, 0.6) is 0 Å². The Labute approximate surface area is 184 Å². The number of hydrogen-bond acceptors (Lipinski definition) is 6. The molecule has 0 fully saturated rings. The molecular weight excluding hydrogens is 412 g/mol. The van der Waals surface area contributed by atoms with Crippen LogP contribution in [0, 0.1) is 0 Å². The molecule has 7 heteroatoms. The number of anilines is 2. The Morgan fingerprint density at radius 1 is 0.677 bits per heavy atom. The maximum Gasteiger partial charge on any atom is 0.162 e. The minimum atomic E-state index is -4.05. The van der Waals surface area contributed by atoms with Crippen molar-refractivity contribution in [1.82, 2.24) is 0 Å². The van der Waals surface area contributed by atoms with E-state index in [0.717, 1.165) is 0 Å². The number of rotatable bonds is 8. The van der Waals surface area contributed by atoms with Gasteiger partial charge >= 0.3 is 0 Å². The fourth-order valence-electron chi connectivity index (χ4n) is 4.62. The second kappa shape index (κ2) is 8.46. The fourth-order valence-corrected chi connectivity index (χ4v) is 7.20. The van der Waals surface area contributed by atoms with E-state index in [9.17, 15) is 18.0 Å². The molecule has 0 saturated heterocycles. The summed E-state index contributed by atoms with van der Waals surface area (Å²) in [6.07, 6.45) is 0. The third kappa shape index (κ3) is 4.37. The van der Waals surface area contributed by atoms with Gasteiger partial charge in [-0.2, -0.15) is 0 Å². The topological polar surface area (TPSA) is 120 Å². The summed E-state index contributed by atoms with van der Waals surface area (Å²) >= 11 is 0. The van der Waals surface area contributed by atoms with Crippen LogP contribution in [0.15, 0.2) is 48.5 Å². The Morgan fingerprint density at radius 2 is 0.935 bits per heavy atom. The monoisotopic (exact) mass is 444 g/mol. The van der Waals surface area contributed by atoms with Gasteiger partial charge in [-0.1, -0.05) is 24.3 Å². The molecule has 0 aliphatic rings. The molecule has 0 heterocycles. The lowest BCUT2D eigenvalue weighted by molar-refractivity contribution is -0.119. The van der Waals surface area contributed by atoms with E-state index < -0.39 is 31.2 Å². The van der Waals surface area contributed by atoms with Crippen LogP contribution in [0.4, 0.5) is 11.4 Å². The van der Waals surface area contributed by atoms with Crippen molar-refractivity contribution >= 4 is 32.8 Å². The third-order valence-corrected chi connectivity index (χ3v) is 9.37. The van der Waals surface area contributed by atoms with Crippen LogP contribution in [-0.4, -0.2) is 29.5 Å². The first-order valence-corrected chi connectivity index (χ1v) is 11.6. The Morgan fingerprint density at radius 3 is 1.16 bits per heavy atom. The van der Waals surface area contributed by atoms with Gasteiger partial charge in [0.1, 0.15) is 11.6 Å². The van der Waals surface area contributed by atoms with E-state index in [1.165, 1.54) is 13.8 Å². The van der Waals surface area contributed by atoms with E-state index in [1.807, 2.05) is 0 Å². The number of carbonyl (C=O) groups excluding carboxylic acids is 2. The number of hydrogen-bond donors (Lipinski definition) is 2. The van der Waals surface area contributed by atoms with E-state index >= 15 is 0 Å². The van der Waals surface area contributed by atoms with Crippen molar-refractivity contribution in [1.29, 1.82) is 0 Å². The van der Waals surface area contributed by atoms with Gasteiger partial charge in [0.15, 0.2) is 9.84 Å². The molecule has 0 saturated carbocycles. The summed E-state index contributed by atoms with van der Waals surface area (Å²) in [5.74, 6) is -2.39. The van der Waals surface area contributed by atoms with Crippen LogP contribution in [0.3, 0.4) is 0 Å². The van der Waals surface area contributed by atoms with Gasteiger partial charge in [0, 0.05) is 11.4 Å². The molecule has 0 spiro atoms. The molecule has 2 rings (SSSR count). The Hall–Kier alpha value is -2.67. The second-order valence-corrected chi connectivity index (χ2v) is 12.2. The van der Waals surface area contributed by atoms with Crippen LogP contribution < -0.4 is 11.5 Å². The van der Waals surface area contributed by atoms with Crippen molar-refractivity contribution in [3.8, 4) is 0 Å². The minimum absolute atomic E-state index is 0.277. The fraction of sp³-hybridized carbons (Fsp3) is 0.417. The molecule has 6 nitrogen and oxygen atoms in total. The summed E-state index contributed by atoms with van der Waals surface area (Å²) in [4.78, 5) is 25.4. The van der Waals surface area contributed by atoms with E-state index in [4.69, 9.17) is 11.5 Å². The number of ketones is 2. The standard InChI is InChI=1S/C24H32N2O4S/c1-15(27)21(17-7-11-19(25)12-8-17)23(3,4)31(29,30)24(5,6)22(16(2)28)18-9-13-20(26)14-10-18/h7-14,21-22H,25-26H2,1-6H3. The first-order valence-electron chi connectivity index (χ1n) is 10.1. The number of sulfone groups is 1. The highest BCUT2D eigenvalue weighted by Gasteiger charge is 2.55. The van der Waals surface area contributed by atoms with Gasteiger partial charge in [-0.25, -0.2) is 8.42 Å². The van der Waals surface area contributed by atoms with Crippen LogP contribution >= 0.6 is 0 Å². The molecule has 2 aromatic carbocycles. The molecule has 168 valence electrons. The van der Waals surface area contributed by atoms with Crippen LogP contribution in [0.25, 0.3) is 0 Å². The summed E-state index contributed by atoms with van der Waals surface area (Å²) in [7, 11) is -4.05. The summed E-state index contributed by atoms with van der Waals surface area (Å²) in [5, 5.41) is 0. The largest absolute Gasteiger partial charge is 0.399 e. The van der Waals surface area contributed by atoms with Gasteiger partial charge in [0.05, 0.1) is 21.3 Å². The van der Waals surface area contributed by atoms with Crippen molar-refractivity contribution in [2.75, 3.05) is 11.5 Å². The lowest BCUT2D eigenvalue weighted by Gasteiger charge is -2.42. The zero-order chi connectivity index (χ0) is 23.8. The number of nitrogens with two attached hydrogens (primary N) is 2. The minimum Gasteiger partial charge on any atom is -0.399 e. The van der Waals surface area contributed by atoms with Gasteiger partial charge in [-0.3, -0.25) is 9.59 Å². The van der Waals surface area contributed by atoms with Gasteiger partial charge in [-0.15, -0.1) is 0 Å². The maximum atomic E-state index is 14.1. The molecule has 0 radical (unpaired) electrons. The number of carbonyl (C=O) groups is 2. The van der Waals surface area contributed by atoms with E-state index in [1.54, 1.807) is 76.2 Å².